The number of nitrogens with one attached hydrogen (secondary N) is 2. The Kier molecular flexibility index (Phi) is 4.00. The van der Waals surface area contributed by atoms with Gasteiger partial charge in [0.2, 0.25) is 0 Å². The van der Waals surface area contributed by atoms with Crippen LogP contribution in [0.2, 0.25) is 0 Å². The van der Waals surface area contributed by atoms with Gasteiger partial charge >= 0.3 is 0 Å². The molecule has 0 spiro atoms. The van der Waals surface area contributed by atoms with E-state index in [9.17, 15) is 9.59 Å². The molecule has 0 aliphatic heterocycles. The van der Waals surface area contributed by atoms with Crippen molar-refractivity contribution in [2.24, 2.45) is 0 Å². The molecule has 1 atom stereocenters. The fourth-order valence-electron chi connectivity index (χ4n) is 2.42. The number of hydrogen-bond donors (Lipinski definition) is 2. The lowest BCUT2D eigenvalue weighted by Gasteiger charge is -2.21. The third-order valence-corrected chi connectivity index (χ3v) is 3.47. The first kappa shape index (κ1) is 14.1. The van der Waals surface area contributed by atoms with Crippen molar-refractivity contribution in [3.63, 3.8) is 0 Å². The summed E-state index contributed by atoms with van der Waals surface area (Å²) in [7, 11) is 0. The van der Waals surface area contributed by atoms with Crippen molar-refractivity contribution < 1.29 is 14.0 Å². The summed E-state index contributed by atoms with van der Waals surface area (Å²) < 4.78 is 5.36. The monoisotopic (exact) mass is 297 g/mol. The molecule has 2 aromatic rings. The van der Waals surface area contributed by atoms with Gasteiger partial charge in [0.05, 0.1) is 6.26 Å². The molecule has 6 nitrogen and oxygen atoms in total. The van der Waals surface area contributed by atoms with Gasteiger partial charge in [-0.05, 0) is 30.7 Å². The molecule has 1 aliphatic carbocycles. The SMILES string of the molecule is O=C1C=C(NNC(=O)c2ccncc2)CC(c2ccco2)C1. The molecular weight excluding hydrogens is 282 g/mol. The van der Waals surface area contributed by atoms with E-state index in [1.54, 1.807) is 36.9 Å². The van der Waals surface area contributed by atoms with Crippen LogP contribution in [0, 0.1) is 0 Å². The number of aromatic nitrogens is 1. The number of nitrogens with zero attached hydrogens (tertiary/aromatic N) is 1. The van der Waals surface area contributed by atoms with Gasteiger partial charge in [0.1, 0.15) is 5.76 Å². The molecule has 2 aromatic heterocycles. The molecule has 0 fully saturated rings. The summed E-state index contributed by atoms with van der Waals surface area (Å²) in [6.45, 7) is 0. The fraction of sp³-hybridized carbons (Fsp3) is 0.188. The third kappa shape index (κ3) is 3.22. The largest absolute Gasteiger partial charge is 0.469 e. The van der Waals surface area contributed by atoms with Gasteiger partial charge in [-0.2, -0.15) is 0 Å². The van der Waals surface area contributed by atoms with Crippen molar-refractivity contribution in [1.29, 1.82) is 0 Å². The van der Waals surface area contributed by atoms with Gasteiger partial charge in [-0.3, -0.25) is 20.0 Å². The molecule has 2 N–H and O–H groups in total. The number of pyridine rings is 1. The van der Waals surface area contributed by atoms with Crippen LogP contribution in [0.3, 0.4) is 0 Å². The molecular formula is C16H15N3O3. The molecule has 1 unspecified atom stereocenters. The Hall–Kier alpha value is -2.89. The summed E-state index contributed by atoms with van der Waals surface area (Å²) >= 11 is 0. The molecule has 0 bridgehead atoms. The maximum Gasteiger partial charge on any atom is 0.269 e. The highest BCUT2D eigenvalue weighted by atomic mass is 16.3. The number of hydrogen-bond acceptors (Lipinski definition) is 5. The second-order valence-electron chi connectivity index (χ2n) is 5.07. The van der Waals surface area contributed by atoms with Crippen LogP contribution < -0.4 is 10.9 Å². The lowest BCUT2D eigenvalue weighted by molar-refractivity contribution is -0.115. The molecule has 0 saturated heterocycles. The van der Waals surface area contributed by atoms with Crippen molar-refractivity contribution in [1.82, 2.24) is 15.8 Å². The van der Waals surface area contributed by atoms with Gasteiger partial charge in [-0.1, -0.05) is 0 Å². The molecule has 1 amide bonds. The van der Waals surface area contributed by atoms with E-state index < -0.39 is 0 Å². The zero-order chi connectivity index (χ0) is 15.4. The highest BCUT2D eigenvalue weighted by Crippen LogP contribution is 2.30. The minimum atomic E-state index is -0.282. The minimum Gasteiger partial charge on any atom is -0.469 e. The lowest BCUT2D eigenvalue weighted by Crippen LogP contribution is -2.38. The minimum absolute atomic E-state index is 0.00664. The molecule has 0 aromatic carbocycles. The van der Waals surface area contributed by atoms with Gasteiger partial charge < -0.3 is 9.84 Å². The molecule has 0 radical (unpaired) electrons. The van der Waals surface area contributed by atoms with Crippen molar-refractivity contribution in [2.75, 3.05) is 0 Å². The Morgan fingerprint density at radius 2 is 2.05 bits per heavy atom. The Morgan fingerprint density at radius 3 is 2.77 bits per heavy atom. The molecule has 6 heteroatoms. The number of rotatable bonds is 4. The van der Waals surface area contributed by atoms with Crippen LogP contribution in [0.1, 0.15) is 34.9 Å². The van der Waals surface area contributed by atoms with E-state index in [2.05, 4.69) is 15.8 Å². The quantitative estimate of drug-likeness (QED) is 0.843. The molecule has 1 aliphatic rings. The predicted octanol–water partition coefficient (Wildman–Crippen LogP) is 1.94. The summed E-state index contributed by atoms with van der Waals surface area (Å²) in [5, 5.41) is 0. The van der Waals surface area contributed by atoms with E-state index in [0.29, 0.717) is 24.1 Å². The zero-order valence-electron chi connectivity index (χ0n) is 11.8. The molecule has 3 rings (SSSR count). The van der Waals surface area contributed by atoms with E-state index >= 15 is 0 Å². The van der Waals surface area contributed by atoms with E-state index in [0.717, 1.165) is 5.76 Å². The van der Waals surface area contributed by atoms with Crippen molar-refractivity contribution >= 4 is 11.7 Å². The number of carbonyl (C=O) groups excluding carboxylic acids is 2. The van der Waals surface area contributed by atoms with Gasteiger partial charge in [-0.25, -0.2) is 0 Å². The Morgan fingerprint density at radius 1 is 1.23 bits per heavy atom. The highest BCUT2D eigenvalue weighted by Gasteiger charge is 2.24. The molecule has 112 valence electrons. The summed E-state index contributed by atoms with van der Waals surface area (Å²) in [4.78, 5) is 27.6. The summed E-state index contributed by atoms with van der Waals surface area (Å²) in [5.41, 5.74) is 6.57. The fourth-order valence-corrected chi connectivity index (χ4v) is 2.42. The maximum absolute atomic E-state index is 11.9. The number of amides is 1. The summed E-state index contributed by atoms with van der Waals surface area (Å²) in [5.74, 6) is 0.498. The first-order chi connectivity index (χ1) is 10.7. The van der Waals surface area contributed by atoms with Gasteiger partial charge in [0.25, 0.3) is 5.91 Å². The van der Waals surface area contributed by atoms with Crippen LogP contribution >= 0.6 is 0 Å². The standard InChI is InChI=1S/C16H15N3O3/c20-14-9-12(15-2-1-7-22-15)8-13(10-14)18-19-16(21)11-3-5-17-6-4-11/h1-7,10,12,18H,8-9H2,(H,19,21). The topological polar surface area (TPSA) is 84.2 Å². The van der Waals surface area contributed by atoms with E-state index in [4.69, 9.17) is 4.42 Å². The Bertz CT molecular complexity index is 693. The average Bonchev–Trinajstić information content (AvgIpc) is 3.07. The van der Waals surface area contributed by atoms with Crippen LogP contribution in [0.4, 0.5) is 0 Å². The zero-order valence-corrected chi connectivity index (χ0v) is 11.8. The molecule has 22 heavy (non-hydrogen) atoms. The number of ketones is 1. The molecule has 2 heterocycles. The second-order valence-corrected chi connectivity index (χ2v) is 5.07. The Balaban J connectivity index is 1.62. The van der Waals surface area contributed by atoms with Crippen LogP contribution in [-0.4, -0.2) is 16.7 Å². The van der Waals surface area contributed by atoms with Crippen LogP contribution in [0.5, 0.6) is 0 Å². The van der Waals surface area contributed by atoms with Gasteiger partial charge in [0, 0.05) is 42.1 Å². The number of furan rings is 1. The first-order valence-electron chi connectivity index (χ1n) is 6.95. The maximum atomic E-state index is 11.9. The predicted molar refractivity (Wildman–Crippen MR) is 78.6 cm³/mol. The highest BCUT2D eigenvalue weighted by molar-refractivity contribution is 5.94. The number of hydrazine groups is 1. The van der Waals surface area contributed by atoms with E-state index in [1.807, 2.05) is 6.07 Å². The van der Waals surface area contributed by atoms with Crippen molar-refractivity contribution in [3.8, 4) is 0 Å². The van der Waals surface area contributed by atoms with Crippen molar-refractivity contribution in [2.45, 2.75) is 18.8 Å². The number of allylic oxidation sites excluding steroid dienone is 2. The summed E-state index contributed by atoms with van der Waals surface area (Å²) in [6, 6.07) is 6.89. The Labute approximate surface area is 127 Å². The molecule has 0 saturated carbocycles. The van der Waals surface area contributed by atoms with Crippen LogP contribution in [0.15, 0.2) is 59.1 Å². The van der Waals surface area contributed by atoms with E-state index in [1.165, 1.54) is 6.08 Å². The lowest BCUT2D eigenvalue weighted by atomic mass is 9.89. The van der Waals surface area contributed by atoms with E-state index in [-0.39, 0.29) is 17.6 Å². The van der Waals surface area contributed by atoms with Crippen molar-refractivity contribution in [3.05, 3.63) is 66.0 Å². The smallest absolute Gasteiger partial charge is 0.269 e. The average molecular weight is 297 g/mol. The second kappa shape index (κ2) is 6.26. The normalized spacial score (nSPS) is 17.7. The van der Waals surface area contributed by atoms with Gasteiger partial charge in [0.15, 0.2) is 5.78 Å². The van der Waals surface area contributed by atoms with Crippen LogP contribution in [-0.2, 0) is 4.79 Å². The third-order valence-electron chi connectivity index (χ3n) is 3.47. The summed E-state index contributed by atoms with van der Waals surface area (Å²) in [6.07, 6.45) is 7.23. The first-order valence-corrected chi connectivity index (χ1v) is 6.95. The number of carbonyl (C=O) groups is 2. The van der Waals surface area contributed by atoms with Crippen LogP contribution in [0.25, 0.3) is 0 Å². The van der Waals surface area contributed by atoms with Gasteiger partial charge in [-0.15, -0.1) is 0 Å².